The highest BCUT2D eigenvalue weighted by Crippen LogP contribution is 2.73. The summed E-state index contributed by atoms with van der Waals surface area (Å²) in [5.41, 5.74) is 6.17. The van der Waals surface area contributed by atoms with E-state index in [1.165, 1.54) is 38.5 Å². The molecule has 1 saturated heterocycles. The number of nitrogens with zero attached hydrogens (tertiary/aromatic N) is 1. The van der Waals surface area contributed by atoms with Crippen molar-refractivity contribution < 1.29 is 9.59 Å². The predicted molar refractivity (Wildman–Crippen MR) is 113 cm³/mol. The van der Waals surface area contributed by atoms with Gasteiger partial charge in [0, 0.05) is 5.54 Å². The second-order valence-corrected chi connectivity index (χ2v) is 12.4. The van der Waals surface area contributed by atoms with Gasteiger partial charge in [-0.3, -0.25) is 14.5 Å². The van der Waals surface area contributed by atoms with Gasteiger partial charge in [-0.25, -0.2) is 0 Å². The minimum Gasteiger partial charge on any atom is -0.369 e. The lowest BCUT2D eigenvalue weighted by Gasteiger charge is -2.60. The molecule has 0 radical (unpaired) electrons. The number of nitrogens with one attached hydrogen (secondary N) is 1. The van der Waals surface area contributed by atoms with E-state index in [0.717, 1.165) is 43.7 Å². The summed E-state index contributed by atoms with van der Waals surface area (Å²) in [5, 5.41) is 3.08. The molecule has 4 bridgehead atoms. The third kappa shape index (κ3) is 3.32. The quantitative estimate of drug-likeness (QED) is 0.760. The molecule has 3 N–H and O–H groups in total. The summed E-state index contributed by atoms with van der Waals surface area (Å²) in [4.78, 5) is 27.3. The van der Waals surface area contributed by atoms with Crippen LogP contribution in [0, 0.1) is 40.4 Å². The van der Waals surface area contributed by atoms with Crippen LogP contribution >= 0.6 is 0 Å². The summed E-state index contributed by atoms with van der Waals surface area (Å²) >= 11 is 0. The Kier molecular flexibility index (Phi) is 4.41. The van der Waals surface area contributed by atoms with Gasteiger partial charge < -0.3 is 11.1 Å². The Bertz CT molecular complexity index is 689. The molecule has 2 amide bonds. The van der Waals surface area contributed by atoms with Crippen molar-refractivity contribution in [2.45, 2.75) is 77.7 Å². The highest BCUT2D eigenvalue weighted by Gasteiger charge is 2.69. The lowest BCUT2D eigenvalue weighted by atomic mass is 9.43. The molecular weight excluding hydrogens is 362 g/mol. The predicted octanol–water partition coefficient (Wildman–Crippen LogP) is 2.93. The molecule has 5 saturated carbocycles. The third-order valence-electron chi connectivity index (χ3n) is 9.30. The summed E-state index contributed by atoms with van der Waals surface area (Å²) in [5.74, 6) is 3.65. The van der Waals surface area contributed by atoms with Crippen molar-refractivity contribution in [3.8, 4) is 0 Å². The van der Waals surface area contributed by atoms with E-state index in [0.29, 0.717) is 23.8 Å². The number of amides is 2. The van der Waals surface area contributed by atoms with Gasteiger partial charge in [0.25, 0.3) is 0 Å². The van der Waals surface area contributed by atoms with Crippen molar-refractivity contribution in [2.24, 2.45) is 46.2 Å². The molecule has 0 aromatic rings. The van der Waals surface area contributed by atoms with Crippen LogP contribution in [0.2, 0.25) is 0 Å². The van der Waals surface area contributed by atoms with E-state index in [-0.39, 0.29) is 22.8 Å². The van der Waals surface area contributed by atoms with Gasteiger partial charge in [0.05, 0.1) is 12.0 Å². The van der Waals surface area contributed by atoms with Crippen LogP contribution in [0.15, 0.2) is 0 Å². The van der Waals surface area contributed by atoms with Crippen molar-refractivity contribution in [1.29, 1.82) is 0 Å². The molecular formula is C24H39N3O2. The number of likely N-dealkylation sites (tertiary alicyclic amines) is 1. The SMILES string of the molecule is CC(C)(C)NC(=O)CN1CCC2(CC1)C[C@@H]2C1C2CC3CC(C2)CC1(C(N)=O)C3. The van der Waals surface area contributed by atoms with Gasteiger partial charge in [-0.1, -0.05) is 0 Å². The molecule has 0 aromatic carbocycles. The molecule has 1 spiro atoms. The summed E-state index contributed by atoms with van der Waals surface area (Å²) in [6.45, 7) is 8.64. The lowest BCUT2D eigenvalue weighted by Crippen LogP contribution is -2.59. The fraction of sp³-hybridized carbons (Fsp3) is 0.917. The average Bonchev–Trinajstić information content (AvgIpc) is 3.27. The number of carbonyl (C=O) groups is 2. The van der Waals surface area contributed by atoms with Crippen LogP contribution in [-0.4, -0.2) is 41.9 Å². The maximum atomic E-state index is 12.7. The zero-order chi connectivity index (χ0) is 20.6. The Hall–Kier alpha value is -1.10. The van der Waals surface area contributed by atoms with E-state index in [1.807, 2.05) is 20.8 Å². The largest absolute Gasteiger partial charge is 0.369 e. The molecule has 3 unspecified atom stereocenters. The Labute approximate surface area is 175 Å². The van der Waals surface area contributed by atoms with Crippen LogP contribution < -0.4 is 11.1 Å². The summed E-state index contributed by atoms with van der Waals surface area (Å²) in [6, 6.07) is 0. The Balaban J connectivity index is 1.23. The fourth-order valence-corrected chi connectivity index (χ4v) is 8.44. The Morgan fingerprint density at radius 3 is 2.21 bits per heavy atom. The van der Waals surface area contributed by atoms with Gasteiger partial charge in [-0.2, -0.15) is 0 Å². The first-order valence-electron chi connectivity index (χ1n) is 11.9. The molecule has 1 heterocycles. The number of piperidine rings is 1. The van der Waals surface area contributed by atoms with Crippen LogP contribution in [0.3, 0.4) is 0 Å². The molecule has 4 atom stereocenters. The molecule has 1 aliphatic heterocycles. The van der Waals surface area contributed by atoms with E-state index in [9.17, 15) is 9.59 Å². The van der Waals surface area contributed by atoms with Crippen molar-refractivity contribution in [3.63, 3.8) is 0 Å². The Morgan fingerprint density at radius 2 is 1.66 bits per heavy atom. The number of rotatable bonds is 4. The first kappa shape index (κ1) is 19.8. The fourth-order valence-electron chi connectivity index (χ4n) is 8.44. The maximum Gasteiger partial charge on any atom is 0.234 e. The summed E-state index contributed by atoms with van der Waals surface area (Å²) in [6.07, 6.45) is 9.86. The lowest BCUT2D eigenvalue weighted by molar-refractivity contribution is -0.161. The van der Waals surface area contributed by atoms with E-state index >= 15 is 0 Å². The molecule has 6 fully saturated rings. The topological polar surface area (TPSA) is 75.4 Å². The maximum absolute atomic E-state index is 12.7. The zero-order valence-corrected chi connectivity index (χ0v) is 18.5. The van der Waals surface area contributed by atoms with Crippen LogP contribution in [0.5, 0.6) is 0 Å². The van der Waals surface area contributed by atoms with Crippen LogP contribution in [0.25, 0.3) is 0 Å². The van der Waals surface area contributed by atoms with Crippen molar-refractivity contribution in [2.75, 3.05) is 19.6 Å². The van der Waals surface area contributed by atoms with Gasteiger partial charge in [-0.15, -0.1) is 0 Å². The van der Waals surface area contributed by atoms with E-state index in [4.69, 9.17) is 5.73 Å². The first-order chi connectivity index (χ1) is 13.6. The molecule has 29 heavy (non-hydrogen) atoms. The number of hydrogen-bond donors (Lipinski definition) is 2. The van der Waals surface area contributed by atoms with Gasteiger partial charge in [0.1, 0.15) is 0 Å². The van der Waals surface area contributed by atoms with Crippen LogP contribution in [0.1, 0.15) is 72.1 Å². The van der Waals surface area contributed by atoms with Crippen molar-refractivity contribution in [3.05, 3.63) is 0 Å². The van der Waals surface area contributed by atoms with Crippen LogP contribution in [-0.2, 0) is 9.59 Å². The first-order valence-corrected chi connectivity index (χ1v) is 11.9. The van der Waals surface area contributed by atoms with E-state index in [1.54, 1.807) is 0 Å². The molecule has 5 aliphatic carbocycles. The van der Waals surface area contributed by atoms with Crippen molar-refractivity contribution in [1.82, 2.24) is 10.2 Å². The van der Waals surface area contributed by atoms with Gasteiger partial charge in [-0.05, 0) is 120 Å². The third-order valence-corrected chi connectivity index (χ3v) is 9.30. The number of nitrogens with two attached hydrogens (primary N) is 1. The average molecular weight is 402 g/mol. The van der Waals surface area contributed by atoms with Gasteiger partial charge in [0.15, 0.2) is 0 Å². The molecule has 0 aromatic heterocycles. The molecule has 5 nitrogen and oxygen atoms in total. The Morgan fingerprint density at radius 1 is 1.03 bits per heavy atom. The highest BCUT2D eigenvalue weighted by atomic mass is 16.2. The number of primary amides is 1. The zero-order valence-electron chi connectivity index (χ0n) is 18.5. The summed E-state index contributed by atoms with van der Waals surface area (Å²) < 4.78 is 0. The number of hydrogen-bond acceptors (Lipinski definition) is 3. The second-order valence-electron chi connectivity index (χ2n) is 12.4. The molecule has 162 valence electrons. The minimum atomic E-state index is -0.188. The monoisotopic (exact) mass is 401 g/mol. The minimum absolute atomic E-state index is 0.0138. The van der Waals surface area contributed by atoms with Gasteiger partial charge in [0.2, 0.25) is 11.8 Å². The van der Waals surface area contributed by atoms with E-state index < -0.39 is 0 Å². The number of carbonyl (C=O) groups excluding carboxylic acids is 2. The molecule has 6 rings (SSSR count). The standard InChI is InChI=1S/C24H39N3O2/c1-22(2,3)26-19(28)14-27-6-4-23(5-7-27)13-18(23)20-17-9-15-8-16(10-17)12-24(20,11-15)21(25)29/h15-18,20H,4-14H2,1-3H3,(H2,25,29)(H,26,28)/t15?,16?,17?,18-,20?,24?/m1/s1. The normalized spacial score (nSPS) is 42.8. The van der Waals surface area contributed by atoms with Gasteiger partial charge >= 0.3 is 0 Å². The summed E-state index contributed by atoms with van der Waals surface area (Å²) in [7, 11) is 0. The second kappa shape index (κ2) is 6.45. The van der Waals surface area contributed by atoms with Crippen LogP contribution in [0.4, 0.5) is 0 Å². The van der Waals surface area contributed by atoms with E-state index in [2.05, 4.69) is 10.2 Å². The molecule has 5 heteroatoms. The smallest absolute Gasteiger partial charge is 0.234 e. The van der Waals surface area contributed by atoms with Crippen molar-refractivity contribution >= 4 is 11.8 Å². The molecule has 6 aliphatic rings. The highest BCUT2D eigenvalue weighted by molar-refractivity contribution is 5.82.